The molecule has 0 aliphatic carbocycles. The van der Waals surface area contributed by atoms with Gasteiger partial charge in [-0.05, 0) is 41.9 Å². The van der Waals surface area contributed by atoms with Gasteiger partial charge in [0, 0.05) is 30.1 Å². The van der Waals surface area contributed by atoms with Crippen LogP contribution in [-0.2, 0) is 0 Å². The van der Waals surface area contributed by atoms with Crippen molar-refractivity contribution in [2.45, 2.75) is 19.9 Å². The molecule has 3 nitrogen and oxygen atoms in total. The highest BCUT2D eigenvalue weighted by Crippen LogP contribution is 2.19. The van der Waals surface area contributed by atoms with Crippen LogP contribution in [0.2, 0.25) is 0 Å². The van der Waals surface area contributed by atoms with Crippen LogP contribution in [0.5, 0.6) is 0 Å². The van der Waals surface area contributed by atoms with E-state index in [1.165, 1.54) is 0 Å². The highest BCUT2D eigenvalue weighted by molar-refractivity contribution is 9.10. The molecule has 15 heavy (non-hydrogen) atoms. The van der Waals surface area contributed by atoms with Gasteiger partial charge in [0.25, 0.3) is 0 Å². The van der Waals surface area contributed by atoms with Crippen LogP contribution in [0.1, 0.15) is 12.6 Å². The molecule has 0 radical (unpaired) electrons. The Hall–Kier alpha value is -0.610. The van der Waals surface area contributed by atoms with Gasteiger partial charge in [-0.1, -0.05) is 0 Å². The summed E-state index contributed by atoms with van der Waals surface area (Å²) in [5.74, 6) is 1.09. The minimum Gasteiger partial charge on any atom is -0.354 e. The maximum absolute atomic E-state index is 4.58. The van der Waals surface area contributed by atoms with E-state index >= 15 is 0 Å². The van der Waals surface area contributed by atoms with E-state index in [4.69, 9.17) is 0 Å². The van der Waals surface area contributed by atoms with Crippen LogP contribution in [0.25, 0.3) is 0 Å². The van der Waals surface area contributed by atoms with Crippen molar-refractivity contribution in [1.29, 1.82) is 0 Å². The number of nitrogens with zero attached hydrogens (tertiary/aromatic N) is 2. The molecule has 0 unspecified atom stereocenters. The molecular weight excluding hydrogens is 254 g/mol. The Morgan fingerprint density at radius 3 is 3.00 bits per heavy atom. The van der Waals surface area contributed by atoms with Crippen molar-refractivity contribution >= 4 is 21.7 Å². The average molecular weight is 270 g/mol. The van der Waals surface area contributed by atoms with Crippen molar-refractivity contribution < 1.29 is 0 Å². The summed E-state index contributed by atoms with van der Waals surface area (Å²) in [6.45, 7) is 7.35. The quantitative estimate of drug-likeness (QED) is 0.845. The topological polar surface area (TPSA) is 28.2 Å². The van der Waals surface area contributed by atoms with Gasteiger partial charge in [0.2, 0.25) is 0 Å². The van der Waals surface area contributed by atoms with Crippen molar-refractivity contribution in [1.82, 2.24) is 10.3 Å². The monoisotopic (exact) mass is 269 g/mol. The fourth-order valence-electron chi connectivity index (χ4n) is 1.85. The number of aryl methyl sites for hydroxylation is 1. The van der Waals surface area contributed by atoms with E-state index < -0.39 is 0 Å². The Morgan fingerprint density at radius 2 is 2.33 bits per heavy atom. The van der Waals surface area contributed by atoms with Gasteiger partial charge in [0.1, 0.15) is 5.82 Å². The second-order valence-electron chi connectivity index (χ2n) is 4.04. The van der Waals surface area contributed by atoms with Gasteiger partial charge in [0.05, 0.1) is 5.69 Å². The van der Waals surface area contributed by atoms with E-state index in [-0.39, 0.29) is 0 Å². The number of piperazine rings is 1. The fraction of sp³-hybridized carbons (Fsp3) is 0.545. The molecule has 0 amide bonds. The summed E-state index contributed by atoms with van der Waals surface area (Å²) in [5, 5.41) is 3.43. The summed E-state index contributed by atoms with van der Waals surface area (Å²) >= 11 is 3.47. The lowest BCUT2D eigenvalue weighted by molar-refractivity contribution is 0.482. The van der Waals surface area contributed by atoms with Crippen LogP contribution in [0, 0.1) is 6.92 Å². The van der Waals surface area contributed by atoms with Crippen molar-refractivity contribution in [2.75, 3.05) is 24.5 Å². The van der Waals surface area contributed by atoms with Gasteiger partial charge >= 0.3 is 0 Å². The third kappa shape index (κ3) is 2.49. The first-order valence-electron chi connectivity index (χ1n) is 5.28. The highest BCUT2D eigenvalue weighted by Gasteiger charge is 2.16. The number of aromatic nitrogens is 1. The zero-order valence-electron chi connectivity index (χ0n) is 9.13. The molecular formula is C11H16BrN3. The minimum absolute atomic E-state index is 0.546. The Kier molecular flexibility index (Phi) is 3.26. The molecule has 1 N–H and O–H groups in total. The van der Waals surface area contributed by atoms with Crippen LogP contribution in [0.4, 0.5) is 5.82 Å². The molecule has 2 rings (SSSR count). The lowest BCUT2D eigenvalue weighted by Gasteiger charge is -2.32. The summed E-state index contributed by atoms with van der Waals surface area (Å²) in [6.07, 6.45) is 0. The number of pyridine rings is 1. The summed E-state index contributed by atoms with van der Waals surface area (Å²) in [4.78, 5) is 6.92. The third-order valence-electron chi connectivity index (χ3n) is 2.70. The van der Waals surface area contributed by atoms with Gasteiger partial charge in [0.15, 0.2) is 0 Å². The maximum Gasteiger partial charge on any atom is 0.128 e. The zero-order chi connectivity index (χ0) is 10.8. The fourth-order valence-corrected chi connectivity index (χ4v) is 2.07. The first-order chi connectivity index (χ1) is 7.16. The Labute approximate surface area is 99.0 Å². The van der Waals surface area contributed by atoms with Crippen molar-refractivity contribution in [3.8, 4) is 0 Å². The van der Waals surface area contributed by atoms with Crippen LogP contribution >= 0.6 is 15.9 Å². The third-order valence-corrected chi connectivity index (χ3v) is 3.54. The molecule has 82 valence electrons. The average Bonchev–Trinajstić information content (AvgIpc) is 2.22. The number of anilines is 1. The molecule has 2 heterocycles. The standard InChI is InChI=1S/C11H16BrN3/c1-8-7-15(6-5-13-8)11-4-3-10(12)9(2)14-11/h3-4,8,13H,5-7H2,1-2H3/t8-/m1/s1. The predicted molar refractivity (Wildman–Crippen MR) is 66.4 cm³/mol. The molecule has 0 bridgehead atoms. The number of hydrogen-bond donors (Lipinski definition) is 1. The second kappa shape index (κ2) is 4.49. The Balaban J connectivity index is 2.18. The summed E-state index contributed by atoms with van der Waals surface area (Å²) in [5.41, 5.74) is 1.05. The van der Waals surface area contributed by atoms with Crippen LogP contribution in [0.3, 0.4) is 0 Å². The van der Waals surface area contributed by atoms with E-state index in [0.717, 1.165) is 35.6 Å². The molecule has 1 saturated heterocycles. The Morgan fingerprint density at radius 1 is 1.53 bits per heavy atom. The molecule has 0 aromatic carbocycles. The molecule has 1 aromatic rings. The van der Waals surface area contributed by atoms with Crippen LogP contribution in [0.15, 0.2) is 16.6 Å². The molecule has 4 heteroatoms. The summed E-state index contributed by atoms with van der Waals surface area (Å²) in [7, 11) is 0. The lowest BCUT2D eigenvalue weighted by Crippen LogP contribution is -2.49. The zero-order valence-corrected chi connectivity index (χ0v) is 10.7. The second-order valence-corrected chi connectivity index (χ2v) is 4.89. The van der Waals surface area contributed by atoms with Crippen LogP contribution < -0.4 is 10.2 Å². The van der Waals surface area contributed by atoms with Crippen molar-refractivity contribution in [3.63, 3.8) is 0 Å². The van der Waals surface area contributed by atoms with Crippen molar-refractivity contribution in [2.24, 2.45) is 0 Å². The number of halogens is 1. The number of rotatable bonds is 1. The summed E-state index contributed by atoms with van der Waals surface area (Å²) in [6, 6.07) is 4.70. The van der Waals surface area contributed by atoms with Gasteiger partial charge in [-0.2, -0.15) is 0 Å². The molecule has 0 spiro atoms. The normalized spacial score (nSPS) is 21.8. The van der Waals surface area contributed by atoms with E-state index in [1.54, 1.807) is 0 Å². The largest absolute Gasteiger partial charge is 0.354 e. The molecule has 1 atom stereocenters. The Bertz CT molecular complexity index is 354. The first kappa shape index (κ1) is 10.9. The molecule has 1 fully saturated rings. The lowest BCUT2D eigenvalue weighted by atomic mass is 10.2. The van der Waals surface area contributed by atoms with E-state index in [2.05, 4.69) is 50.2 Å². The SMILES string of the molecule is Cc1nc(N2CCN[C@H](C)C2)ccc1Br. The van der Waals surface area contributed by atoms with Crippen LogP contribution in [-0.4, -0.2) is 30.7 Å². The molecule has 1 aliphatic heterocycles. The van der Waals surface area contributed by atoms with E-state index in [9.17, 15) is 0 Å². The maximum atomic E-state index is 4.58. The smallest absolute Gasteiger partial charge is 0.128 e. The molecule has 1 aliphatic rings. The van der Waals surface area contributed by atoms with Gasteiger partial charge in [-0.3, -0.25) is 0 Å². The number of nitrogens with one attached hydrogen (secondary N) is 1. The predicted octanol–water partition coefficient (Wildman–Crippen LogP) is 1.95. The van der Waals surface area contributed by atoms with E-state index in [1.807, 2.05) is 6.92 Å². The van der Waals surface area contributed by atoms with Crippen molar-refractivity contribution in [3.05, 3.63) is 22.3 Å². The van der Waals surface area contributed by atoms with E-state index in [0.29, 0.717) is 6.04 Å². The van der Waals surface area contributed by atoms with Gasteiger partial charge in [-0.15, -0.1) is 0 Å². The first-order valence-corrected chi connectivity index (χ1v) is 6.07. The summed E-state index contributed by atoms with van der Waals surface area (Å²) < 4.78 is 1.08. The van der Waals surface area contributed by atoms with Gasteiger partial charge in [-0.25, -0.2) is 4.98 Å². The minimum atomic E-state index is 0.546. The highest BCUT2D eigenvalue weighted by atomic mass is 79.9. The number of hydrogen-bond acceptors (Lipinski definition) is 3. The molecule has 0 saturated carbocycles. The van der Waals surface area contributed by atoms with Gasteiger partial charge < -0.3 is 10.2 Å². The molecule has 1 aromatic heterocycles.